The van der Waals surface area contributed by atoms with Gasteiger partial charge in [-0.05, 0) is 12.7 Å². The average molecular weight is 190 g/mol. The number of carbonyl (C=O) groups is 2. The van der Waals surface area contributed by atoms with Crippen LogP contribution in [0.3, 0.4) is 0 Å². The fraction of sp³-hybridized carbons (Fsp3) is 0.714. The maximum absolute atomic E-state index is 10.9. The zero-order chi connectivity index (χ0) is 9.56. The van der Waals surface area contributed by atoms with Gasteiger partial charge in [-0.15, -0.1) is 0 Å². The van der Waals surface area contributed by atoms with Crippen LogP contribution < -0.4 is 11.1 Å². The molecule has 0 rings (SSSR count). The van der Waals surface area contributed by atoms with E-state index < -0.39 is 5.91 Å². The SMILES string of the molecule is CC(CC(N)=O)NC(=O)CCS. The number of hydrogen-bond donors (Lipinski definition) is 3. The summed E-state index contributed by atoms with van der Waals surface area (Å²) in [5.41, 5.74) is 4.94. The Kier molecular flexibility index (Phi) is 5.53. The molecule has 0 heterocycles. The van der Waals surface area contributed by atoms with Crippen molar-refractivity contribution in [1.29, 1.82) is 0 Å². The molecule has 70 valence electrons. The van der Waals surface area contributed by atoms with Gasteiger partial charge in [-0.2, -0.15) is 12.6 Å². The normalized spacial score (nSPS) is 12.2. The molecule has 0 aliphatic carbocycles. The van der Waals surface area contributed by atoms with Crippen LogP contribution in [-0.4, -0.2) is 23.6 Å². The Hall–Kier alpha value is -0.710. The zero-order valence-electron chi connectivity index (χ0n) is 7.04. The van der Waals surface area contributed by atoms with Gasteiger partial charge in [0.1, 0.15) is 0 Å². The van der Waals surface area contributed by atoms with Crippen LogP contribution in [0.1, 0.15) is 19.8 Å². The molecule has 0 aliphatic rings. The van der Waals surface area contributed by atoms with Crippen LogP contribution in [0.25, 0.3) is 0 Å². The van der Waals surface area contributed by atoms with E-state index in [1.807, 2.05) is 0 Å². The highest BCUT2D eigenvalue weighted by Crippen LogP contribution is 1.91. The minimum atomic E-state index is -0.409. The van der Waals surface area contributed by atoms with Gasteiger partial charge >= 0.3 is 0 Å². The van der Waals surface area contributed by atoms with Gasteiger partial charge in [-0.25, -0.2) is 0 Å². The van der Waals surface area contributed by atoms with Gasteiger partial charge in [0, 0.05) is 18.9 Å². The van der Waals surface area contributed by atoms with Crippen LogP contribution in [0.2, 0.25) is 0 Å². The van der Waals surface area contributed by atoms with Crippen molar-refractivity contribution < 1.29 is 9.59 Å². The van der Waals surface area contributed by atoms with E-state index in [9.17, 15) is 9.59 Å². The fourth-order valence-corrected chi connectivity index (χ4v) is 1.00. The Morgan fingerprint density at radius 3 is 2.58 bits per heavy atom. The molecular formula is C7H14N2O2S. The van der Waals surface area contributed by atoms with Crippen molar-refractivity contribution in [3.63, 3.8) is 0 Å². The second-order valence-corrected chi connectivity index (χ2v) is 3.06. The second kappa shape index (κ2) is 5.88. The topological polar surface area (TPSA) is 72.2 Å². The third kappa shape index (κ3) is 6.03. The van der Waals surface area contributed by atoms with Crippen molar-refractivity contribution in [1.82, 2.24) is 5.32 Å². The third-order valence-electron chi connectivity index (χ3n) is 1.25. The summed E-state index contributed by atoms with van der Waals surface area (Å²) in [7, 11) is 0. The molecule has 0 saturated heterocycles. The summed E-state index contributed by atoms with van der Waals surface area (Å²) in [6, 6.07) is -0.185. The number of nitrogens with two attached hydrogens (primary N) is 1. The highest BCUT2D eigenvalue weighted by Gasteiger charge is 2.08. The predicted octanol–water partition coefficient (Wildman–Crippen LogP) is -0.314. The van der Waals surface area contributed by atoms with Gasteiger partial charge in [-0.1, -0.05) is 0 Å². The molecule has 0 fully saturated rings. The number of primary amides is 1. The predicted molar refractivity (Wildman–Crippen MR) is 49.9 cm³/mol. The van der Waals surface area contributed by atoms with E-state index in [2.05, 4.69) is 17.9 Å². The lowest BCUT2D eigenvalue weighted by Crippen LogP contribution is -2.35. The first kappa shape index (κ1) is 11.3. The number of amides is 2. The van der Waals surface area contributed by atoms with E-state index >= 15 is 0 Å². The van der Waals surface area contributed by atoms with Gasteiger partial charge in [0.05, 0.1) is 0 Å². The van der Waals surface area contributed by atoms with Crippen molar-refractivity contribution in [2.45, 2.75) is 25.8 Å². The molecule has 3 N–H and O–H groups in total. The van der Waals surface area contributed by atoms with Gasteiger partial charge < -0.3 is 11.1 Å². The number of nitrogens with one attached hydrogen (secondary N) is 1. The Balaban J connectivity index is 3.61. The van der Waals surface area contributed by atoms with Gasteiger partial charge in [-0.3, -0.25) is 9.59 Å². The summed E-state index contributed by atoms with van der Waals surface area (Å²) in [4.78, 5) is 21.3. The molecule has 4 nitrogen and oxygen atoms in total. The summed E-state index contributed by atoms with van der Waals surface area (Å²) < 4.78 is 0. The summed E-state index contributed by atoms with van der Waals surface area (Å²) in [5, 5.41) is 2.62. The van der Waals surface area contributed by atoms with Crippen molar-refractivity contribution >= 4 is 24.4 Å². The smallest absolute Gasteiger partial charge is 0.221 e. The first-order chi connectivity index (χ1) is 5.56. The molecular weight excluding hydrogens is 176 g/mol. The average Bonchev–Trinajstić information content (AvgIpc) is 1.84. The zero-order valence-corrected chi connectivity index (χ0v) is 7.93. The number of hydrogen-bond acceptors (Lipinski definition) is 3. The molecule has 12 heavy (non-hydrogen) atoms. The van der Waals surface area contributed by atoms with Crippen molar-refractivity contribution in [3.8, 4) is 0 Å². The molecule has 0 radical (unpaired) electrons. The molecule has 0 bridgehead atoms. The quantitative estimate of drug-likeness (QED) is 0.520. The third-order valence-corrected chi connectivity index (χ3v) is 1.48. The number of rotatable bonds is 5. The van der Waals surface area contributed by atoms with Crippen LogP contribution in [0.5, 0.6) is 0 Å². The maximum Gasteiger partial charge on any atom is 0.221 e. The first-order valence-corrected chi connectivity index (χ1v) is 4.38. The lowest BCUT2D eigenvalue weighted by Gasteiger charge is -2.10. The van der Waals surface area contributed by atoms with Gasteiger partial charge in [0.2, 0.25) is 11.8 Å². The Labute approximate surface area is 77.3 Å². The highest BCUT2D eigenvalue weighted by atomic mass is 32.1. The summed E-state index contributed by atoms with van der Waals surface area (Å²) in [6.07, 6.45) is 0.546. The number of thiol groups is 1. The van der Waals surface area contributed by atoms with Crippen molar-refractivity contribution in [2.75, 3.05) is 5.75 Å². The van der Waals surface area contributed by atoms with Gasteiger partial charge in [0.25, 0.3) is 0 Å². The Morgan fingerprint density at radius 1 is 1.58 bits per heavy atom. The Morgan fingerprint density at radius 2 is 2.17 bits per heavy atom. The molecule has 0 aromatic carbocycles. The standard InChI is InChI=1S/C7H14N2O2S/c1-5(4-6(8)10)9-7(11)2-3-12/h5,12H,2-4H2,1H3,(H2,8,10)(H,9,11). The van der Waals surface area contributed by atoms with Crippen LogP contribution in [-0.2, 0) is 9.59 Å². The lowest BCUT2D eigenvalue weighted by atomic mass is 10.2. The molecule has 1 atom stereocenters. The first-order valence-electron chi connectivity index (χ1n) is 3.74. The fourth-order valence-electron chi connectivity index (χ4n) is 0.801. The molecule has 0 spiro atoms. The van der Waals surface area contributed by atoms with E-state index in [1.165, 1.54) is 0 Å². The van der Waals surface area contributed by atoms with Crippen molar-refractivity contribution in [3.05, 3.63) is 0 Å². The van der Waals surface area contributed by atoms with E-state index in [0.717, 1.165) is 0 Å². The maximum atomic E-state index is 10.9. The van der Waals surface area contributed by atoms with Crippen LogP contribution >= 0.6 is 12.6 Å². The van der Waals surface area contributed by atoms with Gasteiger partial charge in [0.15, 0.2) is 0 Å². The van der Waals surface area contributed by atoms with E-state index in [4.69, 9.17) is 5.73 Å². The second-order valence-electron chi connectivity index (χ2n) is 2.61. The van der Waals surface area contributed by atoms with Crippen LogP contribution in [0.15, 0.2) is 0 Å². The largest absolute Gasteiger partial charge is 0.370 e. The van der Waals surface area contributed by atoms with Crippen LogP contribution in [0, 0.1) is 0 Å². The molecule has 1 unspecified atom stereocenters. The minimum absolute atomic E-state index is 0.0984. The number of carbonyl (C=O) groups excluding carboxylic acids is 2. The Bertz CT molecular complexity index is 173. The molecule has 0 aromatic rings. The molecule has 0 aromatic heterocycles. The molecule has 2 amide bonds. The molecule has 5 heteroatoms. The highest BCUT2D eigenvalue weighted by molar-refractivity contribution is 7.80. The lowest BCUT2D eigenvalue weighted by molar-refractivity contribution is -0.122. The summed E-state index contributed by atoms with van der Waals surface area (Å²) >= 11 is 3.90. The summed E-state index contributed by atoms with van der Waals surface area (Å²) in [6.45, 7) is 1.74. The van der Waals surface area contributed by atoms with E-state index in [0.29, 0.717) is 12.2 Å². The summed E-state index contributed by atoms with van der Waals surface area (Å²) in [5.74, 6) is 0.00204. The minimum Gasteiger partial charge on any atom is -0.370 e. The van der Waals surface area contributed by atoms with E-state index in [1.54, 1.807) is 6.92 Å². The molecule has 0 aliphatic heterocycles. The van der Waals surface area contributed by atoms with Crippen LogP contribution in [0.4, 0.5) is 0 Å². The van der Waals surface area contributed by atoms with Crippen molar-refractivity contribution in [2.24, 2.45) is 5.73 Å². The monoisotopic (exact) mass is 190 g/mol. The van der Waals surface area contributed by atoms with E-state index in [-0.39, 0.29) is 18.4 Å². The molecule has 0 saturated carbocycles.